The fourth-order valence-corrected chi connectivity index (χ4v) is 6.72. The number of hydrogen-bond donors (Lipinski definition) is 6. The summed E-state index contributed by atoms with van der Waals surface area (Å²) in [6, 6.07) is 19.0. The normalized spacial score (nSPS) is 14.5. The Morgan fingerprint density at radius 2 is 1.58 bits per heavy atom. The number of halogens is 3. The van der Waals surface area contributed by atoms with Crippen molar-refractivity contribution in [3.63, 3.8) is 0 Å². The van der Waals surface area contributed by atoms with Crippen LogP contribution in [0.3, 0.4) is 0 Å². The Labute approximate surface area is 276 Å². The number of nitrogens with one attached hydrogen (secondary N) is 3. The minimum atomic E-state index is -5.08. The number of anilines is 1. The van der Waals surface area contributed by atoms with E-state index in [0.29, 0.717) is 27.3 Å². The summed E-state index contributed by atoms with van der Waals surface area (Å²) < 4.78 is 60.2. The van der Waals surface area contributed by atoms with E-state index in [1.807, 2.05) is 0 Å². The van der Waals surface area contributed by atoms with Crippen LogP contribution in [0.1, 0.15) is 22.3 Å². The van der Waals surface area contributed by atoms with E-state index in [2.05, 4.69) is 10.0 Å². The van der Waals surface area contributed by atoms with Gasteiger partial charge in [-0.3, -0.25) is 19.8 Å². The Hall–Kier alpha value is -4.94. The number of alkyl halides is 3. The van der Waals surface area contributed by atoms with E-state index < -0.39 is 52.5 Å². The number of sulfonamides is 1. The molecule has 1 atom stereocenters. The second-order valence-electron chi connectivity index (χ2n) is 10.2. The smallest absolute Gasteiger partial charge is 0.481 e. The summed E-state index contributed by atoms with van der Waals surface area (Å²) in [7, 11) is -3.92. The fourth-order valence-electron chi connectivity index (χ4n) is 4.23. The Balaban J connectivity index is 0.000000804. The van der Waals surface area contributed by atoms with Gasteiger partial charge in [-0.2, -0.15) is 13.2 Å². The Kier molecular flexibility index (Phi) is 12.7. The van der Waals surface area contributed by atoms with E-state index in [1.165, 1.54) is 16.7 Å². The number of amidine groups is 1. The summed E-state index contributed by atoms with van der Waals surface area (Å²) in [5, 5.41) is 26.6. The van der Waals surface area contributed by atoms with Gasteiger partial charge >= 0.3 is 18.1 Å². The van der Waals surface area contributed by atoms with Crippen LogP contribution in [-0.4, -0.2) is 72.7 Å². The molecule has 13 nitrogen and oxygen atoms in total. The van der Waals surface area contributed by atoms with E-state index in [4.69, 9.17) is 21.0 Å². The quantitative estimate of drug-likeness (QED) is 0.126. The molecule has 0 aromatic heterocycles. The molecule has 0 saturated carbocycles. The largest absolute Gasteiger partial charge is 0.490 e. The maximum atomic E-state index is 13.7. The maximum Gasteiger partial charge on any atom is 0.490 e. The van der Waals surface area contributed by atoms with Crippen LogP contribution in [-0.2, 0) is 47.9 Å². The molecule has 1 aliphatic rings. The maximum absolute atomic E-state index is 13.7. The molecule has 0 saturated heterocycles. The number of hydrogen-bond acceptors (Lipinski definition) is 8. The van der Waals surface area contributed by atoms with Crippen LogP contribution in [0.25, 0.3) is 0 Å². The number of amides is 2. The number of benzene rings is 3. The number of carbonyl (C=O) groups is 4. The van der Waals surface area contributed by atoms with Gasteiger partial charge in [-0.25, -0.2) is 17.9 Å². The first kappa shape index (κ1) is 37.5. The lowest BCUT2D eigenvalue weighted by molar-refractivity contribution is -0.192. The number of thioether (sulfide) groups is 1. The van der Waals surface area contributed by atoms with E-state index in [9.17, 15) is 41.1 Å². The number of carboxylic acid groups (broad SMARTS) is 2. The zero-order valence-corrected chi connectivity index (χ0v) is 26.5. The van der Waals surface area contributed by atoms with E-state index in [1.54, 1.807) is 72.8 Å². The Morgan fingerprint density at radius 3 is 2.15 bits per heavy atom. The molecule has 1 heterocycles. The SMILES string of the molecule is N=C(N)c1ccc(CNC(=O)CN2C(=O)[C@H](NS(=O)(=O)Cc3ccccc3)CSc3ccc(CC(=O)O)cc32)cc1.O=C(O)C(F)(F)F. The first-order valence-electron chi connectivity index (χ1n) is 13.8. The van der Waals surface area contributed by atoms with E-state index >= 15 is 0 Å². The van der Waals surface area contributed by atoms with Crippen molar-refractivity contribution in [3.05, 3.63) is 95.1 Å². The van der Waals surface area contributed by atoms with Gasteiger partial charge in [0.25, 0.3) is 0 Å². The van der Waals surface area contributed by atoms with Gasteiger partial charge in [-0.05, 0) is 28.8 Å². The molecule has 256 valence electrons. The fraction of sp³-hybridized carbons (Fsp3) is 0.233. The van der Waals surface area contributed by atoms with Crippen molar-refractivity contribution in [2.24, 2.45) is 5.73 Å². The number of aliphatic carboxylic acids is 2. The molecule has 1 aliphatic heterocycles. The molecule has 3 aromatic carbocycles. The number of carbonyl (C=O) groups excluding carboxylic acids is 2. The van der Waals surface area contributed by atoms with Gasteiger partial charge in [0.1, 0.15) is 18.4 Å². The van der Waals surface area contributed by atoms with Crippen molar-refractivity contribution in [1.82, 2.24) is 10.0 Å². The third-order valence-electron chi connectivity index (χ3n) is 6.46. The molecule has 4 rings (SSSR count). The Morgan fingerprint density at radius 1 is 0.979 bits per heavy atom. The average molecular weight is 710 g/mol. The van der Waals surface area contributed by atoms with Crippen LogP contribution in [0.4, 0.5) is 18.9 Å². The summed E-state index contributed by atoms with van der Waals surface area (Å²) in [5.74, 6) is -5.24. The number of nitrogen functional groups attached to an aromatic ring is 1. The molecule has 7 N–H and O–H groups in total. The highest BCUT2D eigenvalue weighted by Gasteiger charge is 2.38. The van der Waals surface area contributed by atoms with Gasteiger partial charge in [0.15, 0.2) is 0 Å². The van der Waals surface area contributed by atoms with Crippen LogP contribution in [0.2, 0.25) is 0 Å². The first-order chi connectivity index (χ1) is 22.4. The van der Waals surface area contributed by atoms with E-state index in [0.717, 1.165) is 5.56 Å². The lowest BCUT2D eigenvalue weighted by Crippen LogP contribution is -2.51. The number of carboxylic acids is 2. The molecular formula is C30H30F3N5O8S2. The van der Waals surface area contributed by atoms with Gasteiger partial charge in [0.05, 0.1) is 17.9 Å². The van der Waals surface area contributed by atoms with Crippen molar-refractivity contribution >= 4 is 57.1 Å². The molecule has 48 heavy (non-hydrogen) atoms. The zero-order valence-electron chi connectivity index (χ0n) is 24.9. The van der Waals surface area contributed by atoms with Crippen molar-refractivity contribution in [3.8, 4) is 0 Å². The van der Waals surface area contributed by atoms with Crippen LogP contribution < -0.4 is 20.7 Å². The highest BCUT2D eigenvalue weighted by atomic mass is 32.2. The molecule has 18 heteroatoms. The predicted molar refractivity (Wildman–Crippen MR) is 170 cm³/mol. The second kappa shape index (κ2) is 16.2. The first-order valence-corrected chi connectivity index (χ1v) is 16.4. The monoisotopic (exact) mass is 709 g/mol. The minimum Gasteiger partial charge on any atom is -0.481 e. The van der Waals surface area contributed by atoms with Gasteiger partial charge in [0, 0.05) is 22.8 Å². The molecule has 0 unspecified atom stereocenters. The van der Waals surface area contributed by atoms with Crippen LogP contribution in [0, 0.1) is 5.41 Å². The summed E-state index contributed by atoms with van der Waals surface area (Å²) in [6.07, 6.45) is -5.37. The number of nitrogens with zero attached hydrogens (tertiary/aromatic N) is 1. The highest BCUT2D eigenvalue weighted by Crippen LogP contribution is 2.35. The van der Waals surface area contributed by atoms with Crippen LogP contribution >= 0.6 is 11.8 Å². The topological polar surface area (TPSA) is 220 Å². The second-order valence-corrected chi connectivity index (χ2v) is 13.0. The summed E-state index contributed by atoms with van der Waals surface area (Å²) in [6.45, 7) is -0.266. The summed E-state index contributed by atoms with van der Waals surface area (Å²) in [4.78, 5) is 48.8. The number of rotatable bonds is 11. The molecule has 2 amide bonds. The third kappa shape index (κ3) is 11.4. The van der Waals surface area contributed by atoms with Gasteiger partial charge in [0.2, 0.25) is 21.8 Å². The zero-order chi connectivity index (χ0) is 35.6. The van der Waals surface area contributed by atoms with Gasteiger partial charge < -0.3 is 26.2 Å². The van der Waals surface area contributed by atoms with E-state index in [-0.39, 0.29) is 30.3 Å². The molecule has 3 aromatic rings. The van der Waals surface area contributed by atoms with Crippen LogP contribution in [0.15, 0.2) is 77.7 Å². The summed E-state index contributed by atoms with van der Waals surface area (Å²) in [5.41, 5.74) is 8.10. The van der Waals surface area contributed by atoms with Crippen molar-refractivity contribution in [2.75, 3.05) is 17.2 Å². The summed E-state index contributed by atoms with van der Waals surface area (Å²) >= 11 is 1.24. The number of nitrogens with two attached hydrogens (primary N) is 1. The van der Waals surface area contributed by atoms with Crippen LogP contribution in [0.5, 0.6) is 0 Å². The van der Waals surface area contributed by atoms with Crippen molar-refractivity contribution in [1.29, 1.82) is 5.41 Å². The minimum absolute atomic E-state index is 0.0759. The van der Waals surface area contributed by atoms with Crippen molar-refractivity contribution in [2.45, 2.75) is 35.8 Å². The predicted octanol–water partition coefficient (Wildman–Crippen LogP) is 2.47. The molecule has 0 spiro atoms. The van der Waals surface area contributed by atoms with Gasteiger partial charge in [-0.15, -0.1) is 11.8 Å². The molecule has 0 radical (unpaired) electrons. The highest BCUT2D eigenvalue weighted by molar-refractivity contribution is 7.99. The molecule has 0 bridgehead atoms. The lowest BCUT2D eigenvalue weighted by atomic mass is 10.1. The van der Waals surface area contributed by atoms with Crippen molar-refractivity contribution < 1.29 is 51.0 Å². The molecule has 0 fully saturated rings. The average Bonchev–Trinajstić information content (AvgIpc) is 3.12. The molecule has 0 aliphatic carbocycles. The number of fused-ring (bicyclic) bond motifs is 1. The molecular weight excluding hydrogens is 679 g/mol. The van der Waals surface area contributed by atoms with Gasteiger partial charge in [-0.1, -0.05) is 60.7 Å². The third-order valence-corrected chi connectivity index (χ3v) is 8.97. The Bertz CT molecular complexity index is 1770. The standard InChI is InChI=1S/C28H29N5O6S2.C2HF3O2/c29-27(30)21-9-6-18(7-10-21)14-31-25(34)15-33-23-12-20(13-26(35)36)8-11-24(23)40-16-22(28(33)37)32-41(38,39)17-19-4-2-1-3-5-19;3-2(4,5)1(6)7/h1-12,22,32H,13-17H2,(H3,29,30)(H,31,34)(H,35,36);(H,6,7)/t22-;/m1./s1. The lowest BCUT2D eigenvalue weighted by Gasteiger charge is -2.26.